The first-order chi connectivity index (χ1) is 11.8. The van der Waals surface area contributed by atoms with Crippen molar-refractivity contribution < 1.29 is 14.3 Å². The lowest BCUT2D eigenvalue weighted by Gasteiger charge is -2.10. The zero-order valence-corrected chi connectivity index (χ0v) is 13.3. The first kappa shape index (κ1) is 15.8. The van der Waals surface area contributed by atoms with E-state index in [2.05, 4.69) is 15.1 Å². The van der Waals surface area contributed by atoms with E-state index in [0.717, 1.165) is 11.3 Å². The average molecular weight is 326 g/mol. The number of esters is 1. The molecule has 7 heteroatoms. The van der Waals surface area contributed by atoms with Crippen LogP contribution in [-0.2, 0) is 13.0 Å². The van der Waals surface area contributed by atoms with Crippen LogP contribution in [0.25, 0.3) is 0 Å². The summed E-state index contributed by atoms with van der Waals surface area (Å²) in [5.74, 6) is 0.829. The van der Waals surface area contributed by atoms with E-state index >= 15 is 0 Å². The largest absolute Gasteiger partial charge is 0.492 e. The van der Waals surface area contributed by atoms with Crippen molar-refractivity contribution in [1.29, 1.82) is 0 Å². The van der Waals surface area contributed by atoms with E-state index in [-0.39, 0.29) is 5.82 Å². The molecular formula is C17H18N4O3. The maximum atomic E-state index is 12.1. The van der Waals surface area contributed by atoms with Crippen molar-refractivity contribution in [2.24, 2.45) is 0 Å². The van der Waals surface area contributed by atoms with E-state index in [1.54, 1.807) is 17.1 Å². The van der Waals surface area contributed by atoms with Gasteiger partial charge in [0, 0.05) is 18.0 Å². The molecule has 0 amide bonds. The summed E-state index contributed by atoms with van der Waals surface area (Å²) in [6.45, 7) is 2.86. The van der Waals surface area contributed by atoms with Crippen molar-refractivity contribution in [3.05, 3.63) is 60.3 Å². The fraction of sp³-hybridized carbons (Fsp3) is 0.235. The smallest absolute Gasteiger partial charge is 0.381 e. The minimum Gasteiger partial charge on any atom is -0.492 e. The van der Waals surface area contributed by atoms with Crippen molar-refractivity contribution >= 4 is 5.97 Å². The van der Waals surface area contributed by atoms with Crippen molar-refractivity contribution in [1.82, 2.24) is 19.7 Å². The summed E-state index contributed by atoms with van der Waals surface area (Å²) >= 11 is 0. The number of hydrogen-bond donors (Lipinski definition) is 1. The van der Waals surface area contributed by atoms with Gasteiger partial charge >= 0.3 is 5.97 Å². The summed E-state index contributed by atoms with van der Waals surface area (Å²) in [6, 6.07) is 9.53. The number of para-hydroxylation sites is 1. The number of benzene rings is 1. The highest BCUT2D eigenvalue weighted by Gasteiger charge is 2.18. The van der Waals surface area contributed by atoms with Crippen LogP contribution < -0.4 is 9.47 Å². The lowest BCUT2D eigenvalue weighted by Crippen LogP contribution is -2.17. The third-order valence-corrected chi connectivity index (χ3v) is 3.44. The number of imidazole rings is 1. The fourth-order valence-electron chi connectivity index (χ4n) is 2.21. The van der Waals surface area contributed by atoms with Gasteiger partial charge in [0.25, 0.3) is 0 Å². The molecule has 24 heavy (non-hydrogen) atoms. The second kappa shape index (κ2) is 7.45. The molecule has 2 heterocycles. The van der Waals surface area contributed by atoms with Crippen LogP contribution in [0.5, 0.6) is 11.6 Å². The zero-order valence-electron chi connectivity index (χ0n) is 13.3. The number of carbonyl (C=O) groups excluding carboxylic acids is 1. The third-order valence-electron chi connectivity index (χ3n) is 3.44. The molecule has 3 aromatic rings. The predicted molar refractivity (Wildman–Crippen MR) is 87.1 cm³/mol. The van der Waals surface area contributed by atoms with Crippen LogP contribution in [0.15, 0.2) is 48.9 Å². The van der Waals surface area contributed by atoms with Gasteiger partial charge in [0.05, 0.1) is 12.7 Å². The number of carbonyl (C=O) groups is 1. The number of ether oxygens (including phenoxy) is 2. The van der Waals surface area contributed by atoms with Crippen LogP contribution >= 0.6 is 0 Å². The molecule has 1 aromatic carbocycles. The number of aromatic nitrogens is 4. The summed E-state index contributed by atoms with van der Waals surface area (Å²) in [6.07, 6.45) is 5.48. The molecular weight excluding hydrogens is 308 g/mol. The standard InChI is InChI=1S/C17H18N4O3/c1-2-13-12-20-21(10-11-23-14-6-4-3-5-7-14)16(13)24-17(22)15-18-8-9-19-15/h3-9,12H,2,10-11H2,1H3,(H,18,19). The van der Waals surface area contributed by atoms with Gasteiger partial charge in [-0.05, 0) is 18.6 Å². The Balaban J connectivity index is 1.67. The van der Waals surface area contributed by atoms with Crippen LogP contribution in [0.2, 0.25) is 0 Å². The predicted octanol–water partition coefficient (Wildman–Crippen LogP) is 2.47. The van der Waals surface area contributed by atoms with Crippen molar-refractivity contribution in [3.63, 3.8) is 0 Å². The normalized spacial score (nSPS) is 10.5. The van der Waals surface area contributed by atoms with Gasteiger partial charge in [-0.15, -0.1) is 0 Å². The Morgan fingerprint density at radius 1 is 1.29 bits per heavy atom. The topological polar surface area (TPSA) is 82.0 Å². The summed E-state index contributed by atoms with van der Waals surface area (Å²) in [5.41, 5.74) is 0.856. The Morgan fingerprint density at radius 2 is 2.12 bits per heavy atom. The maximum absolute atomic E-state index is 12.1. The number of nitrogens with zero attached hydrogens (tertiary/aromatic N) is 3. The maximum Gasteiger partial charge on any atom is 0.381 e. The summed E-state index contributed by atoms with van der Waals surface area (Å²) in [5, 5.41) is 4.28. The lowest BCUT2D eigenvalue weighted by atomic mass is 10.3. The molecule has 0 aliphatic carbocycles. The third kappa shape index (κ3) is 3.62. The highest BCUT2D eigenvalue weighted by atomic mass is 16.5. The second-order valence-electron chi connectivity index (χ2n) is 5.04. The van der Waals surface area contributed by atoms with Crippen LogP contribution in [0.4, 0.5) is 0 Å². The van der Waals surface area contributed by atoms with Crippen LogP contribution in [-0.4, -0.2) is 32.3 Å². The molecule has 7 nitrogen and oxygen atoms in total. The van der Waals surface area contributed by atoms with Gasteiger partial charge in [-0.3, -0.25) is 0 Å². The van der Waals surface area contributed by atoms with Crippen LogP contribution in [0, 0.1) is 0 Å². The summed E-state index contributed by atoms with van der Waals surface area (Å²) in [4.78, 5) is 18.7. The molecule has 2 aromatic heterocycles. The van der Waals surface area contributed by atoms with Gasteiger partial charge in [-0.2, -0.15) is 5.10 Å². The van der Waals surface area contributed by atoms with Gasteiger partial charge in [-0.25, -0.2) is 14.5 Å². The van der Waals surface area contributed by atoms with Gasteiger partial charge < -0.3 is 14.5 Å². The minimum absolute atomic E-state index is 0.158. The fourth-order valence-corrected chi connectivity index (χ4v) is 2.21. The molecule has 0 radical (unpaired) electrons. The number of aromatic amines is 1. The number of H-pyrrole nitrogens is 1. The molecule has 0 aliphatic heterocycles. The highest BCUT2D eigenvalue weighted by Crippen LogP contribution is 2.20. The van der Waals surface area contributed by atoms with Crippen molar-refractivity contribution in [2.75, 3.05) is 6.61 Å². The van der Waals surface area contributed by atoms with Gasteiger partial charge in [0.2, 0.25) is 11.7 Å². The summed E-state index contributed by atoms with van der Waals surface area (Å²) in [7, 11) is 0. The molecule has 0 saturated carbocycles. The molecule has 0 unspecified atom stereocenters. The molecule has 0 saturated heterocycles. The number of rotatable bonds is 7. The number of nitrogens with one attached hydrogen (secondary N) is 1. The quantitative estimate of drug-likeness (QED) is 0.675. The number of aryl methyl sites for hydroxylation is 1. The molecule has 0 aliphatic rings. The Bertz CT molecular complexity index is 782. The van der Waals surface area contributed by atoms with E-state index in [0.29, 0.717) is 25.5 Å². The average Bonchev–Trinajstić information content (AvgIpc) is 3.26. The van der Waals surface area contributed by atoms with Crippen molar-refractivity contribution in [3.8, 4) is 11.6 Å². The highest BCUT2D eigenvalue weighted by molar-refractivity contribution is 5.86. The van der Waals surface area contributed by atoms with E-state index in [1.165, 1.54) is 6.20 Å². The second-order valence-corrected chi connectivity index (χ2v) is 5.04. The molecule has 0 atom stereocenters. The Morgan fingerprint density at radius 3 is 2.83 bits per heavy atom. The molecule has 124 valence electrons. The van der Waals surface area contributed by atoms with Gasteiger partial charge in [0.1, 0.15) is 12.4 Å². The molecule has 0 spiro atoms. The SMILES string of the molecule is CCc1cnn(CCOc2ccccc2)c1OC(=O)c1ncc[nH]1. The number of hydrogen-bond acceptors (Lipinski definition) is 5. The van der Waals surface area contributed by atoms with E-state index in [4.69, 9.17) is 9.47 Å². The van der Waals surface area contributed by atoms with Gasteiger partial charge in [-0.1, -0.05) is 25.1 Å². The Kier molecular flexibility index (Phi) is 4.90. The first-order valence-corrected chi connectivity index (χ1v) is 7.72. The zero-order chi connectivity index (χ0) is 16.8. The van der Waals surface area contributed by atoms with E-state index in [1.807, 2.05) is 37.3 Å². The molecule has 0 fully saturated rings. The lowest BCUT2D eigenvalue weighted by molar-refractivity contribution is 0.0702. The molecule has 1 N–H and O–H groups in total. The minimum atomic E-state index is -0.541. The first-order valence-electron chi connectivity index (χ1n) is 7.72. The van der Waals surface area contributed by atoms with Crippen LogP contribution in [0.1, 0.15) is 23.1 Å². The molecule has 3 rings (SSSR count). The van der Waals surface area contributed by atoms with E-state index in [9.17, 15) is 4.79 Å². The van der Waals surface area contributed by atoms with E-state index < -0.39 is 5.97 Å². The molecule has 0 bridgehead atoms. The monoisotopic (exact) mass is 326 g/mol. The van der Waals surface area contributed by atoms with Gasteiger partial charge in [0.15, 0.2) is 0 Å². The van der Waals surface area contributed by atoms with Crippen LogP contribution in [0.3, 0.4) is 0 Å². The Labute approximate surface area is 139 Å². The Hall–Kier alpha value is -3.09. The summed E-state index contributed by atoms with van der Waals surface area (Å²) < 4.78 is 12.8. The van der Waals surface area contributed by atoms with Crippen molar-refractivity contribution in [2.45, 2.75) is 19.9 Å².